The third kappa shape index (κ3) is 10.8. The van der Waals surface area contributed by atoms with E-state index in [2.05, 4.69) is 15.5 Å². The maximum atomic E-state index is 14.2. The molecule has 1 aromatic heterocycles. The lowest BCUT2D eigenvalue weighted by Gasteiger charge is -2.34. The Labute approximate surface area is 305 Å². The number of hydrogen-bond donors (Lipinski definition) is 3. The van der Waals surface area contributed by atoms with E-state index < -0.39 is 34.1 Å². The number of aromatic nitrogens is 1. The van der Waals surface area contributed by atoms with Gasteiger partial charge in [-0.1, -0.05) is 75.3 Å². The standard InChI is InChI=1S/C36H51N7O6S2/c1-25(2)20-42(51(48,49)30-14-12-28(13-15-30)19-37-47)22-32(44)31(18-27-10-8-7-9-11-27)39-35(45)34(26(3)4)43-17-16-41(36(43)46)21-29-24-50-33(38-29)23-40(5)6/h7-15,19,24-26,31-32,34,44,47H,16-18,20-23H2,1-6H3,(H,39,45)/b37-19+/t31-,32+,34?/m0/s1. The first-order valence-electron chi connectivity index (χ1n) is 17.1. The highest BCUT2D eigenvalue weighted by molar-refractivity contribution is 7.89. The Balaban J connectivity index is 1.55. The van der Waals surface area contributed by atoms with E-state index in [1.54, 1.807) is 21.1 Å². The Morgan fingerprint density at radius 3 is 2.35 bits per heavy atom. The van der Waals surface area contributed by atoms with Crippen LogP contribution in [0, 0.1) is 11.8 Å². The van der Waals surface area contributed by atoms with Gasteiger partial charge in [0.25, 0.3) is 0 Å². The van der Waals surface area contributed by atoms with Crippen molar-refractivity contribution in [3.05, 3.63) is 81.8 Å². The molecule has 2 heterocycles. The van der Waals surface area contributed by atoms with Crippen LogP contribution in [0.2, 0.25) is 0 Å². The Bertz CT molecular complexity index is 1710. The molecule has 1 aliphatic heterocycles. The van der Waals surface area contributed by atoms with Gasteiger partial charge in [0.05, 0.1) is 35.5 Å². The van der Waals surface area contributed by atoms with Crippen LogP contribution in [0.5, 0.6) is 0 Å². The second-order valence-electron chi connectivity index (χ2n) is 14.0. The van der Waals surface area contributed by atoms with Gasteiger partial charge in [0.15, 0.2) is 0 Å². The molecule has 1 saturated heterocycles. The van der Waals surface area contributed by atoms with Gasteiger partial charge in [-0.15, -0.1) is 11.3 Å². The average molecular weight is 742 g/mol. The van der Waals surface area contributed by atoms with Crippen molar-refractivity contribution in [2.45, 2.75) is 70.3 Å². The number of thiazole rings is 1. The van der Waals surface area contributed by atoms with Gasteiger partial charge in [-0.05, 0) is 55.6 Å². The van der Waals surface area contributed by atoms with E-state index >= 15 is 0 Å². The summed E-state index contributed by atoms with van der Waals surface area (Å²) in [6.07, 6.45) is 0.148. The Kier molecular flexibility index (Phi) is 14.1. The monoisotopic (exact) mass is 741 g/mol. The normalized spacial score (nSPS) is 15.9. The van der Waals surface area contributed by atoms with Crippen LogP contribution in [-0.4, -0.2) is 119 Å². The highest BCUT2D eigenvalue weighted by Gasteiger charge is 2.40. The SMILES string of the molecule is CC(C)CN(C[C@@H](O)[C@H](Cc1ccccc1)NC(=O)C(C(C)C)N1CCN(Cc2csc(CN(C)C)n2)C1=O)S(=O)(=O)c1ccc(/C=N/O)cc1. The van der Waals surface area contributed by atoms with Crippen LogP contribution in [0.3, 0.4) is 0 Å². The fourth-order valence-electron chi connectivity index (χ4n) is 6.15. The second-order valence-corrected chi connectivity index (χ2v) is 16.8. The maximum Gasteiger partial charge on any atom is 0.321 e. The van der Waals surface area contributed by atoms with Crippen molar-refractivity contribution in [2.24, 2.45) is 17.0 Å². The molecule has 278 valence electrons. The summed E-state index contributed by atoms with van der Waals surface area (Å²) in [4.78, 5) is 37.9. The smallest absolute Gasteiger partial charge is 0.321 e. The number of hydrogen-bond acceptors (Lipinski definition) is 10. The van der Waals surface area contributed by atoms with Crippen molar-refractivity contribution in [1.29, 1.82) is 0 Å². The van der Waals surface area contributed by atoms with Crippen molar-refractivity contribution >= 4 is 39.5 Å². The van der Waals surface area contributed by atoms with E-state index in [0.717, 1.165) is 16.3 Å². The fourth-order valence-corrected chi connectivity index (χ4v) is 8.67. The zero-order valence-corrected chi connectivity index (χ0v) is 31.8. The van der Waals surface area contributed by atoms with Crippen LogP contribution in [0.25, 0.3) is 0 Å². The van der Waals surface area contributed by atoms with Gasteiger partial charge >= 0.3 is 6.03 Å². The number of amides is 3. The lowest BCUT2D eigenvalue weighted by Crippen LogP contribution is -2.57. The van der Waals surface area contributed by atoms with Gasteiger partial charge in [0.2, 0.25) is 15.9 Å². The highest BCUT2D eigenvalue weighted by Crippen LogP contribution is 2.23. The first-order valence-corrected chi connectivity index (χ1v) is 19.4. The fraction of sp³-hybridized carbons (Fsp3) is 0.500. The molecular weight excluding hydrogens is 691 g/mol. The minimum absolute atomic E-state index is 0.0256. The van der Waals surface area contributed by atoms with Gasteiger partial charge in [-0.3, -0.25) is 4.79 Å². The third-order valence-electron chi connectivity index (χ3n) is 8.54. The summed E-state index contributed by atoms with van der Waals surface area (Å²) in [6.45, 7) is 9.26. The highest BCUT2D eigenvalue weighted by atomic mass is 32.2. The zero-order valence-electron chi connectivity index (χ0n) is 30.2. The number of urea groups is 1. The molecule has 13 nitrogen and oxygen atoms in total. The summed E-state index contributed by atoms with van der Waals surface area (Å²) >= 11 is 1.55. The van der Waals surface area contributed by atoms with Gasteiger partial charge in [0, 0.05) is 38.1 Å². The predicted octanol–water partition coefficient (Wildman–Crippen LogP) is 3.71. The van der Waals surface area contributed by atoms with Crippen LogP contribution in [-0.2, 0) is 34.3 Å². The number of aliphatic hydroxyl groups is 1. The van der Waals surface area contributed by atoms with E-state index in [1.165, 1.54) is 34.8 Å². The number of rotatable bonds is 18. The predicted molar refractivity (Wildman–Crippen MR) is 198 cm³/mol. The van der Waals surface area contributed by atoms with Gasteiger partial charge in [-0.25, -0.2) is 18.2 Å². The summed E-state index contributed by atoms with van der Waals surface area (Å²) in [5.41, 5.74) is 2.18. The second kappa shape index (κ2) is 18.0. The number of benzene rings is 2. The Morgan fingerprint density at radius 2 is 1.75 bits per heavy atom. The Morgan fingerprint density at radius 1 is 1.06 bits per heavy atom. The molecule has 15 heteroatoms. The molecule has 1 unspecified atom stereocenters. The minimum atomic E-state index is -4.06. The van der Waals surface area contributed by atoms with Gasteiger partial charge < -0.3 is 30.3 Å². The lowest BCUT2D eigenvalue weighted by molar-refractivity contribution is -0.128. The molecule has 3 N–H and O–H groups in total. The molecule has 0 bridgehead atoms. The van der Waals surface area contributed by atoms with Crippen LogP contribution in [0.15, 0.2) is 70.0 Å². The Hall–Kier alpha value is -3.89. The summed E-state index contributed by atoms with van der Waals surface area (Å²) in [6, 6.07) is 13.3. The van der Waals surface area contributed by atoms with Crippen molar-refractivity contribution in [2.75, 3.05) is 40.3 Å². The minimum Gasteiger partial charge on any atom is -0.411 e. The van der Waals surface area contributed by atoms with Crippen LogP contribution in [0.1, 0.15) is 49.5 Å². The average Bonchev–Trinajstić information content (AvgIpc) is 3.66. The van der Waals surface area contributed by atoms with Gasteiger partial charge in [0.1, 0.15) is 11.0 Å². The number of nitrogens with zero attached hydrogens (tertiary/aromatic N) is 6. The molecule has 0 aliphatic carbocycles. The van der Waals surface area contributed by atoms with Crippen LogP contribution in [0.4, 0.5) is 4.79 Å². The van der Waals surface area contributed by atoms with E-state index in [-0.39, 0.29) is 42.3 Å². The molecular formula is C36H51N7O6S2. The largest absolute Gasteiger partial charge is 0.411 e. The van der Waals surface area contributed by atoms with Crippen molar-refractivity contribution in [3.8, 4) is 0 Å². The molecule has 0 spiro atoms. The summed E-state index contributed by atoms with van der Waals surface area (Å²) in [5.74, 6) is -0.721. The molecule has 1 fully saturated rings. The molecule has 1 aliphatic rings. The molecule has 51 heavy (non-hydrogen) atoms. The van der Waals surface area contributed by atoms with E-state index in [0.29, 0.717) is 31.7 Å². The first-order chi connectivity index (χ1) is 24.2. The van der Waals surface area contributed by atoms with E-state index in [4.69, 9.17) is 5.21 Å². The van der Waals surface area contributed by atoms with Crippen molar-refractivity contribution in [3.63, 3.8) is 0 Å². The molecule has 3 atom stereocenters. The number of carbonyl (C=O) groups is 2. The third-order valence-corrected chi connectivity index (χ3v) is 11.3. The quantitative estimate of drug-likeness (QED) is 0.101. The zero-order chi connectivity index (χ0) is 37.3. The molecule has 3 aromatic rings. The molecule has 0 radical (unpaired) electrons. The molecule has 2 aromatic carbocycles. The lowest BCUT2D eigenvalue weighted by atomic mass is 9.97. The van der Waals surface area contributed by atoms with Crippen LogP contribution < -0.4 is 5.32 Å². The summed E-state index contributed by atoms with van der Waals surface area (Å²) in [5, 5.41) is 29.5. The number of carbonyl (C=O) groups excluding carboxylic acids is 2. The van der Waals surface area contributed by atoms with Crippen molar-refractivity contribution in [1.82, 2.24) is 29.3 Å². The molecule has 0 saturated carbocycles. The number of sulfonamides is 1. The summed E-state index contributed by atoms with van der Waals surface area (Å²) < 4.78 is 29.0. The number of nitrogens with one attached hydrogen (secondary N) is 1. The number of aliphatic hydroxyl groups excluding tert-OH is 1. The number of oxime groups is 1. The summed E-state index contributed by atoms with van der Waals surface area (Å²) in [7, 11) is -0.103. The molecule has 3 amide bonds. The van der Waals surface area contributed by atoms with Gasteiger partial charge in [-0.2, -0.15) is 4.31 Å². The van der Waals surface area contributed by atoms with Crippen molar-refractivity contribution < 1.29 is 28.3 Å². The molecule has 4 rings (SSSR count). The van der Waals surface area contributed by atoms with E-state index in [9.17, 15) is 23.1 Å². The van der Waals surface area contributed by atoms with E-state index in [1.807, 2.05) is 82.4 Å². The van der Waals surface area contributed by atoms with Crippen LogP contribution >= 0.6 is 11.3 Å². The first kappa shape index (κ1) is 39.9. The maximum absolute atomic E-state index is 14.2. The topological polar surface area (TPSA) is 159 Å².